The van der Waals surface area contributed by atoms with E-state index in [0.29, 0.717) is 106 Å². The van der Waals surface area contributed by atoms with Crippen molar-refractivity contribution in [1.29, 1.82) is 0 Å². The van der Waals surface area contributed by atoms with Gasteiger partial charge in [0.2, 0.25) is 0 Å². The molecular formula is C120H95F17N4Si4. The first-order valence-corrected chi connectivity index (χ1v) is 61.1. The van der Waals surface area contributed by atoms with Crippen LogP contribution in [-0.4, -0.2) is 32.3 Å². The Morgan fingerprint density at radius 2 is 0.462 bits per heavy atom. The topological polar surface area (TPSA) is 13.0 Å². The van der Waals surface area contributed by atoms with Crippen molar-refractivity contribution in [2.24, 2.45) is 0 Å². The maximum Gasteiger partial charge on any atom is 0.417 e. The van der Waals surface area contributed by atoms with E-state index >= 15 is 35.1 Å². The van der Waals surface area contributed by atoms with Crippen LogP contribution in [-0.2, 0) is 18.5 Å². The number of anilines is 12. The number of hydrogen-bond donors (Lipinski definition) is 0. The van der Waals surface area contributed by atoms with Gasteiger partial charge in [-0.25, -0.2) is 35.1 Å². The fraction of sp³-hybridized carbons (Fsp3) is 0.133. The highest BCUT2D eigenvalue weighted by Gasteiger charge is 2.41. The number of rotatable bonds is 20. The van der Waals surface area contributed by atoms with E-state index in [1.165, 1.54) is 69.6 Å². The predicted octanol–water partition coefficient (Wildman–Crippen LogP) is 36.4. The van der Waals surface area contributed by atoms with E-state index in [1.54, 1.807) is 53.4 Å². The molecule has 0 aliphatic rings. The van der Waals surface area contributed by atoms with E-state index in [9.17, 15) is 39.5 Å². The molecule has 730 valence electrons. The standard InChI is InChI=1S/C60H46F10N2Si2.C60H49F7N2Si2/c1-73(2,3)41-23-19-39(20-24-41)71(57-47(31-37(61)33-51(57)63)43-11-7-9-13-49(43)59(65,66)67)53-29-17-35-16-28-46-54(30-18-36-15-27-45(53)55(35)56(36)46)72(40-21-25-42(26-22-40)74(4,5)6)58-48(32-38(62)34-52(58)64)44-12-8-10-14-50(44)60(68,69)70;1-36-10-8-11-39(30-36)50-32-42(61)34-52(63)58(50)68(44-18-22-46(23-19-44)70(2,3)4)54-28-16-37-15-27-49-55(29-17-38-14-26-48(54)56(37)57(38)49)69(45-20-24-47(25-21-45)71(5,6)7)59-51(33-43(62)35-53(59)64)40-12-9-13-41(31-40)60(65,66)67/h7-34H,1-6H3;8-35H,1-7H3. The molecule has 0 radical (unpaired) electrons. The summed E-state index contributed by atoms with van der Waals surface area (Å²) in [6.07, 6.45) is -14.5. The van der Waals surface area contributed by atoms with E-state index in [0.717, 1.165) is 103 Å². The van der Waals surface area contributed by atoms with Crippen LogP contribution in [0.2, 0.25) is 78.6 Å². The fourth-order valence-electron chi connectivity index (χ4n) is 19.9. The zero-order chi connectivity index (χ0) is 103. The monoisotopic (exact) mass is 2030 g/mol. The summed E-state index contributed by atoms with van der Waals surface area (Å²) >= 11 is 0. The van der Waals surface area contributed by atoms with Crippen LogP contribution >= 0.6 is 0 Å². The molecular weight excluding hydrogens is 1930 g/mol. The van der Waals surface area contributed by atoms with Gasteiger partial charge in [-0.05, 0) is 194 Å². The molecule has 0 bridgehead atoms. The lowest BCUT2D eigenvalue weighted by Gasteiger charge is -2.32. The predicted molar refractivity (Wildman–Crippen MR) is 572 cm³/mol. The van der Waals surface area contributed by atoms with Crippen LogP contribution in [0.3, 0.4) is 0 Å². The Labute approximate surface area is 831 Å². The molecule has 0 atom stereocenters. The van der Waals surface area contributed by atoms with E-state index < -0.39 is 125 Å². The summed E-state index contributed by atoms with van der Waals surface area (Å²) in [4.78, 5) is 6.53. The number of alkyl halides is 9. The van der Waals surface area contributed by atoms with Crippen LogP contribution < -0.4 is 40.3 Å². The van der Waals surface area contributed by atoms with Crippen LogP contribution in [0, 0.1) is 53.5 Å². The Morgan fingerprint density at radius 1 is 0.214 bits per heavy atom. The fourth-order valence-corrected chi connectivity index (χ4v) is 24.6. The summed E-state index contributed by atoms with van der Waals surface area (Å²) in [7, 11) is -7.47. The van der Waals surface area contributed by atoms with Gasteiger partial charge >= 0.3 is 18.5 Å². The van der Waals surface area contributed by atoms with Crippen molar-refractivity contribution in [2.75, 3.05) is 19.6 Å². The third kappa shape index (κ3) is 18.9. The molecule has 0 spiro atoms. The van der Waals surface area contributed by atoms with Crippen molar-refractivity contribution in [1.82, 2.24) is 0 Å². The molecule has 0 heterocycles. The molecule has 20 rings (SSSR count). The molecule has 0 amide bonds. The third-order valence-corrected chi connectivity index (χ3v) is 35.3. The minimum absolute atomic E-state index is 0.0182. The molecule has 20 aromatic rings. The van der Waals surface area contributed by atoms with Crippen molar-refractivity contribution >= 4 is 186 Å². The molecule has 0 unspecified atom stereocenters. The number of benzene rings is 20. The van der Waals surface area contributed by atoms with Crippen molar-refractivity contribution in [3.63, 3.8) is 0 Å². The van der Waals surface area contributed by atoms with E-state index in [-0.39, 0.29) is 45.0 Å². The maximum atomic E-state index is 17.1. The van der Waals surface area contributed by atoms with Gasteiger partial charge < -0.3 is 19.6 Å². The van der Waals surface area contributed by atoms with Crippen LogP contribution in [0.25, 0.3) is 109 Å². The van der Waals surface area contributed by atoms with Gasteiger partial charge in [0.1, 0.15) is 23.3 Å². The average molecular weight is 2030 g/mol. The van der Waals surface area contributed by atoms with Gasteiger partial charge in [0.15, 0.2) is 23.3 Å². The van der Waals surface area contributed by atoms with Gasteiger partial charge in [-0.15, -0.1) is 0 Å². The number of aryl methyl sites for hydroxylation is 1. The van der Waals surface area contributed by atoms with E-state index in [2.05, 4.69) is 90.7 Å². The van der Waals surface area contributed by atoms with Crippen molar-refractivity contribution in [3.05, 3.63) is 409 Å². The van der Waals surface area contributed by atoms with E-state index in [4.69, 9.17) is 0 Å². The zero-order valence-corrected chi connectivity index (χ0v) is 85.0. The molecule has 4 nitrogen and oxygen atoms in total. The highest BCUT2D eigenvalue weighted by molar-refractivity contribution is 6.90. The molecule has 0 saturated heterocycles. The first-order valence-electron chi connectivity index (χ1n) is 47.1. The second kappa shape index (κ2) is 37.2. The average Bonchev–Trinajstić information content (AvgIpc) is 0.717. The first-order chi connectivity index (χ1) is 68.5. The molecule has 0 fully saturated rings. The van der Waals surface area contributed by atoms with Gasteiger partial charge in [-0.2, -0.15) is 39.5 Å². The second-order valence-corrected chi connectivity index (χ2v) is 61.2. The minimum Gasteiger partial charge on any atom is -0.307 e. The molecule has 25 heteroatoms. The molecule has 20 aromatic carbocycles. The molecule has 0 saturated carbocycles. The summed E-state index contributed by atoms with van der Waals surface area (Å²) in [6.45, 7) is 28.2. The molecule has 145 heavy (non-hydrogen) atoms. The van der Waals surface area contributed by atoms with Crippen LogP contribution in [0.4, 0.5) is 143 Å². The number of hydrogen-bond acceptors (Lipinski definition) is 4. The van der Waals surface area contributed by atoms with Gasteiger partial charge in [0, 0.05) is 90.8 Å². The molecule has 0 aliphatic carbocycles. The lowest BCUT2D eigenvalue weighted by molar-refractivity contribution is -0.138. The van der Waals surface area contributed by atoms with Gasteiger partial charge in [0.25, 0.3) is 0 Å². The third-order valence-electron chi connectivity index (χ3n) is 27.0. The zero-order valence-electron chi connectivity index (χ0n) is 81.0. The Morgan fingerprint density at radius 3 is 0.724 bits per heavy atom. The highest BCUT2D eigenvalue weighted by atomic mass is 28.3. The second-order valence-electron chi connectivity index (χ2n) is 40.9. The van der Waals surface area contributed by atoms with Gasteiger partial charge in [-0.3, -0.25) is 0 Å². The maximum absolute atomic E-state index is 17.1. The molecule has 0 aliphatic heterocycles. The first kappa shape index (κ1) is 99.1. The van der Waals surface area contributed by atoms with Crippen LogP contribution in [0.1, 0.15) is 22.3 Å². The van der Waals surface area contributed by atoms with Crippen LogP contribution in [0.5, 0.6) is 0 Å². The summed E-state index contributed by atoms with van der Waals surface area (Å²) < 4.78 is 262. The summed E-state index contributed by atoms with van der Waals surface area (Å²) in [5.41, 5.74) is 0.102. The molecule has 0 aromatic heterocycles. The number of halogens is 17. The Hall–Kier alpha value is -14.6. The largest absolute Gasteiger partial charge is 0.417 e. The summed E-state index contributed by atoms with van der Waals surface area (Å²) in [5.74, 6) is -7.81. The van der Waals surface area contributed by atoms with Crippen molar-refractivity contribution in [2.45, 2.75) is 104 Å². The highest BCUT2D eigenvalue weighted by Crippen LogP contribution is 2.57. The van der Waals surface area contributed by atoms with Gasteiger partial charge in [-0.1, -0.05) is 299 Å². The Bertz CT molecular complexity index is 8190. The lowest BCUT2D eigenvalue weighted by atomic mass is 9.91. The SMILES string of the molecule is C[Si](C)(C)c1ccc(N(c2c(F)cc(F)cc2-c2ccccc2C(F)(F)F)c2ccc3ccc4c(N(c5ccc([Si](C)(C)C)cc5)c5c(F)cc(F)cc5-c5ccccc5C(F)(F)F)ccc5ccc2c3c54)cc1.Cc1cccc(-c2cc(F)cc(F)c2N(c2ccc([Si](C)(C)C)cc2)c2ccc3ccc4c(N(c5ccc([Si](C)(C)C)cc5)c5c(F)cc(F)cc5-c5cccc(C(F)(F)F)c5)ccc5ccc2c3c54)c1. The summed E-state index contributed by atoms with van der Waals surface area (Å²) in [5, 5.41) is 12.8. The lowest BCUT2D eigenvalue weighted by Crippen LogP contribution is -2.37. The smallest absolute Gasteiger partial charge is 0.307 e. The normalized spacial score (nSPS) is 12.5. The Balaban J connectivity index is 0.000000183. The van der Waals surface area contributed by atoms with Crippen LogP contribution in [0.15, 0.2) is 340 Å². The summed E-state index contributed by atoms with van der Waals surface area (Å²) in [6, 6.07) is 88.9. The minimum atomic E-state index is -4.89. The van der Waals surface area contributed by atoms with Gasteiger partial charge in [0.05, 0.1) is 94.5 Å². The quantitative estimate of drug-likeness (QED) is 0.0428. The Kier molecular flexibility index (Phi) is 25.4. The van der Waals surface area contributed by atoms with Crippen molar-refractivity contribution < 1.29 is 74.6 Å². The van der Waals surface area contributed by atoms with Crippen molar-refractivity contribution in [3.8, 4) is 44.5 Å². The van der Waals surface area contributed by atoms with E-state index in [1.807, 2.05) is 170 Å². The number of nitrogens with zero attached hydrogens (tertiary/aromatic N) is 4. The molecule has 0 N–H and O–H groups in total.